The molecule has 0 radical (unpaired) electrons. The average Bonchev–Trinajstić information content (AvgIpc) is 2.52. The quantitative estimate of drug-likeness (QED) is 0.805. The second-order valence-corrected chi connectivity index (χ2v) is 4.48. The van der Waals surface area contributed by atoms with E-state index < -0.39 is 0 Å². The number of rotatable bonds is 4. The zero-order valence-corrected chi connectivity index (χ0v) is 9.26. The number of hydrogen-bond acceptors (Lipinski definition) is 5. The van der Waals surface area contributed by atoms with E-state index in [-0.39, 0.29) is 0 Å². The van der Waals surface area contributed by atoms with Gasteiger partial charge in [0.1, 0.15) is 5.82 Å². The van der Waals surface area contributed by atoms with E-state index in [0.717, 1.165) is 43.4 Å². The van der Waals surface area contributed by atoms with E-state index in [9.17, 15) is 0 Å². The van der Waals surface area contributed by atoms with Crippen LogP contribution in [-0.4, -0.2) is 29.0 Å². The van der Waals surface area contributed by atoms with Crippen LogP contribution in [0.5, 0.6) is 0 Å². The minimum atomic E-state index is 0.661. The van der Waals surface area contributed by atoms with E-state index in [2.05, 4.69) is 21.2 Å². The first-order valence-electron chi connectivity index (χ1n) is 5.11. The fraction of sp³-hybridized carbons (Fsp3) is 0.778. The van der Waals surface area contributed by atoms with E-state index in [1.165, 1.54) is 11.5 Å². The maximum atomic E-state index is 5.57. The van der Waals surface area contributed by atoms with Crippen LogP contribution >= 0.6 is 11.5 Å². The molecule has 0 atom stereocenters. The van der Waals surface area contributed by atoms with Crippen molar-refractivity contribution in [1.29, 1.82) is 0 Å². The number of anilines is 1. The normalized spacial score (nSPS) is 17.1. The summed E-state index contributed by atoms with van der Waals surface area (Å²) < 4.78 is 4.32. The van der Waals surface area contributed by atoms with Crippen LogP contribution in [0.2, 0.25) is 0 Å². The summed E-state index contributed by atoms with van der Waals surface area (Å²) in [4.78, 5) is 6.74. The highest BCUT2D eigenvalue weighted by Crippen LogP contribution is 2.25. The van der Waals surface area contributed by atoms with E-state index in [0.29, 0.717) is 5.92 Å². The molecule has 0 amide bonds. The Bertz CT molecular complexity index is 293. The van der Waals surface area contributed by atoms with Gasteiger partial charge < -0.3 is 10.6 Å². The first-order valence-corrected chi connectivity index (χ1v) is 5.88. The van der Waals surface area contributed by atoms with Gasteiger partial charge >= 0.3 is 0 Å². The topological polar surface area (TPSA) is 55.0 Å². The molecular weight excluding hydrogens is 196 g/mol. The Morgan fingerprint density at radius 3 is 3.00 bits per heavy atom. The second-order valence-electron chi connectivity index (χ2n) is 3.75. The van der Waals surface area contributed by atoms with Gasteiger partial charge in [-0.2, -0.15) is 4.37 Å². The summed E-state index contributed by atoms with van der Waals surface area (Å²) in [5, 5.41) is 1.07. The van der Waals surface area contributed by atoms with Crippen molar-refractivity contribution in [3.63, 3.8) is 0 Å². The van der Waals surface area contributed by atoms with Crippen LogP contribution in [0.4, 0.5) is 5.13 Å². The molecule has 0 bridgehead atoms. The largest absolute Gasteiger partial charge is 0.346 e. The summed E-state index contributed by atoms with van der Waals surface area (Å²) in [5.74, 6) is 1.65. The molecule has 1 fully saturated rings. The van der Waals surface area contributed by atoms with E-state index >= 15 is 0 Å². The Morgan fingerprint density at radius 2 is 2.36 bits per heavy atom. The molecule has 2 N–H and O–H groups in total. The van der Waals surface area contributed by atoms with Gasteiger partial charge in [0, 0.05) is 37.0 Å². The number of aromatic nitrogens is 2. The number of nitrogens with zero attached hydrogens (tertiary/aromatic N) is 3. The minimum absolute atomic E-state index is 0.661. The molecule has 0 aromatic carbocycles. The summed E-state index contributed by atoms with van der Waals surface area (Å²) >= 11 is 1.51. The molecule has 0 saturated carbocycles. The highest BCUT2D eigenvalue weighted by atomic mass is 32.1. The summed E-state index contributed by atoms with van der Waals surface area (Å²) in [5.41, 5.74) is 5.57. The van der Waals surface area contributed by atoms with Crippen molar-refractivity contribution in [1.82, 2.24) is 9.36 Å². The molecule has 2 heterocycles. The van der Waals surface area contributed by atoms with Crippen LogP contribution in [-0.2, 0) is 6.42 Å². The van der Waals surface area contributed by atoms with Gasteiger partial charge in [0.2, 0.25) is 5.13 Å². The van der Waals surface area contributed by atoms with E-state index in [1.54, 1.807) is 0 Å². The number of nitrogens with two attached hydrogens (primary N) is 1. The van der Waals surface area contributed by atoms with Crippen molar-refractivity contribution in [2.45, 2.75) is 19.8 Å². The van der Waals surface area contributed by atoms with Gasteiger partial charge in [0.25, 0.3) is 0 Å². The van der Waals surface area contributed by atoms with Gasteiger partial charge in [-0.1, -0.05) is 6.92 Å². The van der Waals surface area contributed by atoms with Crippen molar-refractivity contribution in [3.8, 4) is 0 Å². The molecule has 1 aromatic heterocycles. The summed E-state index contributed by atoms with van der Waals surface area (Å²) in [6, 6.07) is 0. The van der Waals surface area contributed by atoms with Crippen molar-refractivity contribution in [2.24, 2.45) is 11.7 Å². The number of aryl methyl sites for hydroxylation is 1. The number of hydrogen-bond donors (Lipinski definition) is 1. The maximum absolute atomic E-state index is 5.57. The predicted molar refractivity (Wildman–Crippen MR) is 58.7 cm³/mol. The van der Waals surface area contributed by atoms with Crippen LogP contribution in [0.15, 0.2) is 0 Å². The monoisotopic (exact) mass is 212 g/mol. The molecule has 2 rings (SSSR count). The van der Waals surface area contributed by atoms with Gasteiger partial charge in [-0.15, -0.1) is 0 Å². The zero-order chi connectivity index (χ0) is 9.97. The van der Waals surface area contributed by atoms with Gasteiger partial charge in [0.15, 0.2) is 0 Å². The Kier molecular flexibility index (Phi) is 2.98. The van der Waals surface area contributed by atoms with Crippen LogP contribution in [0.1, 0.15) is 19.2 Å². The third-order valence-corrected chi connectivity index (χ3v) is 3.31. The highest BCUT2D eigenvalue weighted by Gasteiger charge is 2.27. The smallest absolute Gasteiger partial charge is 0.205 e. The van der Waals surface area contributed by atoms with Gasteiger partial charge in [0.05, 0.1) is 0 Å². The molecule has 4 nitrogen and oxygen atoms in total. The third-order valence-electron chi connectivity index (χ3n) is 2.49. The van der Waals surface area contributed by atoms with Crippen LogP contribution in [0.25, 0.3) is 0 Å². The van der Waals surface area contributed by atoms with Gasteiger partial charge in [-0.25, -0.2) is 4.98 Å². The molecule has 0 aliphatic carbocycles. The molecule has 0 spiro atoms. The minimum Gasteiger partial charge on any atom is -0.346 e. The maximum Gasteiger partial charge on any atom is 0.205 e. The van der Waals surface area contributed by atoms with E-state index in [1.807, 2.05) is 0 Å². The lowest BCUT2D eigenvalue weighted by molar-refractivity contribution is 0.419. The Hall–Kier alpha value is -0.680. The molecule has 1 saturated heterocycles. The first kappa shape index (κ1) is 9.86. The first-order chi connectivity index (χ1) is 6.83. The average molecular weight is 212 g/mol. The van der Waals surface area contributed by atoms with Gasteiger partial charge in [-0.3, -0.25) is 0 Å². The Balaban J connectivity index is 1.91. The second kappa shape index (κ2) is 4.23. The summed E-state index contributed by atoms with van der Waals surface area (Å²) in [6.45, 7) is 5.04. The van der Waals surface area contributed by atoms with Crippen molar-refractivity contribution < 1.29 is 0 Å². The molecule has 5 heteroatoms. The van der Waals surface area contributed by atoms with Crippen molar-refractivity contribution in [3.05, 3.63) is 5.82 Å². The zero-order valence-electron chi connectivity index (χ0n) is 8.44. The van der Waals surface area contributed by atoms with Gasteiger partial charge in [-0.05, 0) is 13.0 Å². The fourth-order valence-corrected chi connectivity index (χ4v) is 2.30. The standard InChI is InChI=1S/C9H16N4S/c1-2-3-8-11-9(14-12-8)13-5-7(4-10)6-13/h7H,2-6,10H2,1H3. The van der Waals surface area contributed by atoms with Crippen LogP contribution in [0.3, 0.4) is 0 Å². The molecule has 78 valence electrons. The summed E-state index contributed by atoms with van der Waals surface area (Å²) in [6.07, 6.45) is 2.10. The fourth-order valence-electron chi connectivity index (χ4n) is 1.57. The van der Waals surface area contributed by atoms with Crippen LogP contribution in [0, 0.1) is 5.92 Å². The van der Waals surface area contributed by atoms with E-state index in [4.69, 9.17) is 5.73 Å². The Morgan fingerprint density at radius 1 is 1.57 bits per heavy atom. The molecule has 1 aliphatic heterocycles. The molecule has 14 heavy (non-hydrogen) atoms. The molecular formula is C9H16N4S. The van der Waals surface area contributed by atoms with Crippen molar-refractivity contribution in [2.75, 3.05) is 24.5 Å². The predicted octanol–water partition coefficient (Wildman–Crippen LogP) is 0.886. The third kappa shape index (κ3) is 1.88. The summed E-state index contributed by atoms with van der Waals surface area (Å²) in [7, 11) is 0. The lowest BCUT2D eigenvalue weighted by atomic mass is 10.0. The lowest BCUT2D eigenvalue weighted by Crippen LogP contribution is -2.49. The lowest BCUT2D eigenvalue weighted by Gasteiger charge is -2.38. The van der Waals surface area contributed by atoms with Crippen LogP contribution < -0.4 is 10.6 Å². The molecule has 1 aromatic rings. The molecule has 1 aliphatic rings. The molecule has 0 unspecified atom stereocenters. The van der Waals surface area contributed by atoms with Crippen molar-refractivity contribution >= 4 is 16.7 Å². The Labute approximate surface area is 88.3 Å². The highest BCUT2D eigenvalue weighted by molar-refractivity contribution is 7.09. The SMILES string of the molecule is CCCc1nsc(N2CC(CN)C2)n1.